The summed E-state index contributed by atoms with van der Waals surface area (Å²) in [5.41, 5.74) is -0.373. The molecule has 1 unspecified atom stereocenters. The Morgan fingerprint density at radius 3 is 3.09 bits per heavy atom. The normalized spacial score (nSPS) is 19.1. The molecule has 2 rings (SSSR count). The zero-order valence-electron chi connectivity index (χ0n) is 13.7. The van der Waals surface area contributed by atoms with Gasteiger partial charge in [0, 0.05) is 32.3 Å². The van der Waals surface area contributed by atoms with Gasteiger partial charge >= 0.3 is 0 Å². The zero-order valence-corrected chi connectivity index (χ0v) is 13.7. The molecule has 1 aromatic heterocycles. The third kappa shape index (κ3) is 5.37. The first-order valence-corrected chi connectivity index (χ1v) is 7.89. The standard InChI is InChI=1S/C16H24N2O5/c1-12-10-18(7-4-8-22-12)6-3-5-17-16(20)14-9-13(19)15(21-2)11-23-14/h9,11-12H,3-8,10H2,1-2H3,(H,17,20). The molecular formula is C16H24N2O5. The number of methoxy groups -OCH3 is 1. The van der Waals surface area contributed by atoms with E-state index in [-0.39, 0.29) is 23.0 Å². The van der Waals surface area contributed by atoms with Crippen molar-refractivity contribution in [3.63, 3.8) is 0 Å². The Morgan fingerprint density at radius 2 is 2.35 bits per heavy atom. The van der Waals surface area contributed by atoms with Crippen molar-refractivity contribution in [3.8, 4) is 5.75 Å². The molecule has 1 amide bonds. The highest BCUT2D eigenvalue weighted by Crippen LogP contribution is 2.06. The highest BCUT2D eigenvalue weighted by atomic mass is 16.5. The number of carbonyl (C=O) groups excluding carboxylic acids is 1. The first-order valence-electron chi connectivity index (χ1n) is 7.89. The summed E-state index contributed by atoms with van der Waals surface area (Å²) in [5, 5.41) is 2.76. The van der Waals surface area contributed by atoms with Gasteiger partial charge in [0.15, 0.2) is 5.76 Å². The highest BCUT2D eigenvalue weighted by molar-refractivity contribution is 5.91. The van der Waals surface area contributed by atoms with E-state index in [0.29, 0.717) is 6.54 Å². The molecule has 0 bridgehead atoms. The van der Waals surface area contributed by atoms with Gasteiger partial charge in [0.2, 0.25) is 11.2 Å². The molecule has 0 spiro atoms. The minimum atomic E-state index is -0.391. The Balaban J connectivity index is 1.74. The third-order valence-electron chi connectivity index (χ3n) is 3.71. The molecule has 1 aliphatic heterocycles. The van der Waals surface area contributed by atoms with Gasteiger partial charge in [0.25, 0.3) is 5.91 Å². The van der Waals surface area contributed by atoms with E-state index in [2.05, 4.69) is 17.1 Å². The lowest BCUT2D eigenvalue weighted by molar-refractivity contribution is 0.0675. The summed E-state index contributed by atoms with van der Waals surface area (Å²) in [6.45, 7) is 6.25. The predicted octanol–water partition coefficient (Wildman–Crippen LogP) is 0.879. The molecule has 0 aromatic carbocycles. The summed E-state index contributed by atoms with van der Waals surface area (Å²) in [7, 11) is 1.38. The second kappa shape index (κ2) is 8.69. The molecule has 0 radical (unpaired) electrons. The maximum atomic E-state index is 11.9. The SMILES string of the molecule is COc1coc(C(=O)NCCCN2CCCOC(C)C2)cc1=O. The largest absolute Gasteiger partial charge is 0.490 e. The lowest BCUT2D eigenvalue weighted by Crippen LogP contribution is -2.33. The average molecular weight is 324 g/mol. The van der Waals surface area contributed by atoms with Crippen molar-refractivity contribution in [3.05, 3.63) is 28.3 Å². The molecule has 0 aliphatic carbocycles. The molecule has 1 aliphatic rings. The lowest BCUT2D eigenvalue weighted by Gasteiger charge is -2.21. The molecule has 7 nitrogen and oxygen atoms in total. The van der Waals surface area contributed by atoms with Crippen LogP contribution in [0.5, 0.6) is 5.75 Å². The van der Waals surface area contributed by atoms with Crippen molar-refractivity contribution in [2.75, 3.05) is 39.9 Å². The zero-order chi connectivity index (χ0) is 16.7. The molecule has 1 atom stereocenters. The Hall–Kier alpha value is -1.86. The number of nitrogens with one attached hydrogen (secondary N) is 1. The van der Waals surface area contributed by atoms with Gasteiger partial charge in [-0.05, 0) is 26.3 Å². The quantitative estimate of drug-likeness (QED) is 0.782. The summed E-state index contributed by atoms with van der Waals surface area (Å²) in [6, 6.07) is 1.14. The van der Waals surface area contributed by atoms with Gasteiger partial charge in [-0.2, -0.15) is 0 Å². The minimum Gasteiger partial charge on any atom is -0.490 e. The topological polar surface area (TPSA) is 81.0 Å². The molecule has 1 N–H and O–H groups in total. The van der Waals surface area contributed by atoms with Crippen LogP contribution in [0.2, 0.25) is 0 Å². The van der Waals surface area contributed by atoms with Crippen molar-refractivity contribution >= 4 is 5.91 Å². The van der Waals surface area contributed by atoms with E-state index in [1.165, 1.54) is 7.11 Å². The Morgan fingerprint density at radius 1 is 1.52 bits per heavy atom. The van der Waals surface area contributed by atoms with Gasteiger partial charge in [-0.25, -0.2) is 0 Å². The maximum Gasteiger partial charge on any atom is 0.287 e. The summed E-state index contributed by atoms with van der Waals surface area (Å²) < 4.78 is 15.5. The first-order chi connectivity index (χ1) is 11.1. The fraction of sp³-hybridized carbons (Fsp3) is 0.625. The second-order valence-electron chi connectivity index (χ2n) is 5.62. The molecule has 2 heterocycles. The van der Waals surface area contributed by atoms with Crippen molar-refractivity contribution < 1.29 is 18.7 Å². The number of amides is 1. The molecule has 0 saturated carbocycles. The van der Waals surface area contributed by atoms with Crippen LogP contribution in [0.1, 0.15) is 30.3 Å². The van der Waals surface area contributed by atoms with Crippen LogP contribution in [0, 0.1) is 0 Å². The second-order valence-corrected chi connectivity index (χ2v) is 5.62. The number of hydrogen-bond acceptors (Lipinski definition) is 6. The van der Waals surface area contributed by atoms with E-state index in [9.17, 15) is 9.59 Å². The van der Waals surface area contributed by atoms with Crippen molar-refractivity contribution in [2.45, 2.75) is 25.9 Å². The molecule has 128 valence electrons. The van der Waals surface area contributed by atoms with Crippen LogP contribution in [0.15, 0.2) is 21.5 Å². The molecule has 7 heteroatoms. The molecule has 1 fully saturated rings. The van der Waals surface area contributed by atoms with Crippen LogP contribution in [0.3, 0.4) is 0 Å². The average Bonchev–Trinajstić information content (AvgIpc) is 2.75. The van der Waals surface area contributed by atoms with Crippen molar-refractivity contribution in [1.82, 2.24) is 10.2 Å². The lowest BCUT2D eigenvalue weighted by atomic mass is 10.3. The van der Waals surface area contributed by atoms with E-state index in [1.54, 1.807) is 0 Å². The van der Waals surface area contributed by atoms with E-state index < -0.39 is 5.91 Å². The van der Waals surface area contributed by atoms with E-state index >= 15 is 0 Å². The van der Waals surface area contributed by atoms with Gasteiger partial charge < -0.3 is 24.1 Å². The molecule has 1 aromatic rings. The Bertz CT molecular complexity index is 572. The van der Waals surface area contributed by atoms with E-state index in [4.69, 9.17) is 13.9 Å². The molecule has 1 saturated heterocycles. The number of ether oxygens (including phenoxy) is 2. The van der Waals surface area contributed by atoms with E-state index in [1.807, 2.05) is 0 Å². The van der Waals surface area contributed by atoms with Gasteiger partial charge in [-0.3, -0.25) is 9.59 Å². The Kier molecular flexibility index (Phi) is 6.61. The number of carbonyl (C=O) groups is 1. The van der Waals surface area contributed by atoms with Crippen LogP contribution in [-0.4, -0.2) is 56.8 Å². The smallest absolute Gasteiger partial charge is 0.287 e. The summed E-state index contributed by atoms with van der Waals surface area (Å²) >= 11 is 0. The monoisotopic (exact) mass is 324 g/mol. The predicted molar refractivity (Wildman–Crippen MR) is 85.0 cm³/mol. The summed E-state index contributed by atoms with van der Waals surface area (Å²) in [4.78, 5) is 25.9. The first kappa shape index (κ1) is 17.5. The highest BCUT2D eigenvalue weighted by Gasteiger charge is 2.15. The minimum absolute atomic E-state index is 0.00686. The van der Waals surface area contributed by atoms with Gasteiger partial charge in [-0.1, -0.05) is 0 Å². The summed E-state index contributed by atoms with van der Waals surface area (Å²) in [5.74, 6) is -0.316. The van der Waals surface area contributed by atoms with Gasteiger partial charge in [0.05, 0.1) is 13.2 Å². The molecule has 23 heavy (non-hydrogen) atoms. The molecular weight excluding hydrogens is 300 g/mol. The van der Waals surface area contributed by atoms with E-state index in [0.717, 1.165) is 51.4 Å². The van der Waals surface area contributed by atoms with Crippen molar-refractivity contribution in [2.24, 2.45) is 0 Å². The Labute approximate surface area is 135 Å². The number of hydrogen-bond donors (Lipinski definition) is 1. The van der Waals surface area contributed by atoms with Crippen LogP contribution in [0.25, 0.3) is 0 Å². The number of nitrogens with zero attached hydrogens (tertiary/aromatic N) is 1. The van der Waals surface area contributed by atoms with Gasteiger partial charge in [-0.15, -0.1) is 0 Å². The summed E-state index contributed by atoms with van der Waals surface area (Å²) in [6.07, 6.45) is 3.27. The van der Waals surface area contributed by atoms with Crippen LogP contribution >= 0.6 is 0 Å². The maximum absolute atomic E-state index is 11.9. The van der Waals surface area contributed by atoms with Crippen LogP contribution in [-0.2, 0) is 4.74 Å². The fourth-order valence-electron chi connectivity index (χ4n) is 2.54. The number of rotatable bonds is 6. The van der Waals surface area contributed by atoms with Crippen LogP contribution < -0.4 is 15.5 Å². The third-order valence-corrected chi connectivity index (χ3v) is 3.71. The fourth-order valence-corrected chi connectivity index (χ4v) is 2.54. The van der Waals surface area contributed by atoms with Gasteiger partial charge in [0.1, 0.15) is 6.26 Å². The van der Waals surface area contributed by atoms with Crippen molar-refractivity contribution in [1.29, 1.82) is 0 Å². The van der Waals surface area contributed by atoms with Crippen LogP contribution in [0.4, 0.5) is 0 Å².